The number of aromatic nitrogens is 5. The first-order valence-electron chi connectivity index (χ1n) is 6.11. The highest BCUT2D eigenvalue weighted by atomic mass is 35.5. The molecule has 3 rings (SSSR count). The van der Waals surface area contributed by atoms with Crippen LogP contribution in [-0.4, -0.2) is 30.2 Å². The Labute approximate surface area is 115 Å². The second-order valence-electron chi connectivity index (χ2n) is 4.40. The molecule has 0 aliphatic carbocycles. The number of fused-ring (bicyclic) bond motifs is 1. The van der Waals surface area contributed by atoms with Crippen LogP contribution in [0.1, 0.15) is 11.5 Å². The predicted molar refractivity (Wildman–Crippen MR) is 74.3 cm³/mol. The Bertz CT molecular complexity index is 700. The molecule has 0 N–H and O–H groups in total. The molecule has 0 atom stereocenters. The maximum atomic E-state index is 5.85. The van der Waals surface area contributed by atoms with E-state index in [9.17, 15) is 0 Å². The van der Waals surface area contributed by atoms with Gasteiger partial charge in [0.2, 0.25) is 0 Å². The molecule has 3 aromatic heterocycles. The summed E-state index contributed by atoms with van der Waals surface area (Å²) in [6.45, 7) is 0.702. The molecule has 0 bridgehead atoms. The summed E-state index contributed by atoms with van der Waals surface area (Å²) in [5, 5.41) is 4.41. The Morgan fingerprint density at radius 2 is 2.21 bits per heavy atom. The third-order valence-corrected chi connectivity index (χ3v) is 3.23. The summed E-state index contributed by atoms with van der Waals surface area (Å²) in [6, 6.07) is 3.99. The molecule has 3 heterocycles. The predicted octanol–water partition coefficient (Wildman–Crippen LogP) is 1.99. The first-order chi connectivity index (χ1) is 9.28. The molecule has 0 amide bonds. The van der Waals surface area contributed by atoms with Crippen LogP contribution in [0, 0.1) is 0 Å². The van der Waals surface area contributed by atoms with Crippen LogP contribution in [0.3, 0.4) is 0 Å². The standard InChI is InChI=1S/C13H14ClN5/c1-18-7-4-10(17-18)9-19-12-3-6-15-8-11(12)16-13(19)2-5-14/h3-4,6-8H,2,5,9H2,1H3. The van der Waals surface area contributed by atoms with Gasteiger partial charge in [-0.3, -0.25) is 9.67 Å². The molecule has 0 radical (unpaired) electrons. The first-order valence-corrected chi connectivity index (χ1v) is 6.65. The van der Waals surface area contributed by atoms with Gasteiger partial charge in [-0.05, 0) is 12.1 Å². The Morgan fingerprint density at radius 3 is 2.95 bits per heavy atom. The highest BCUT2D eigenvalue weighted by Crippen LogP contribution is 2.17. The molecular formula is C13H14ClN5. The van der Waals surface area contributed by atoms with Crippen molar-refractivity contribution in [1.82, 2.24) is 24.3 Å². The Kier molecular flexibility index (Phi) is 3.21. The van der Waals surface area contributed by atoms with Gasteiger partial charge in [-0.15, -0.1) is 11.6 Å². The average Bonchev–Trinajstić information content (AvgIpc) is 2.96. The van der Waals surface area contributed by atoms with E-state index in [0.717, 1.165) is 29.0 Å². The summed E-state index contributed by atoms with van der Waals surface area (Å²) in [5.74, 6) is 1.53. The number of imidazole rings is 1. The van der Waals surface area contributed by atoms with Crippen LogP contribution in [0.15, 0.2) is 30.7 Å². The minimum absolute atomic E-state index is 0.555. The van der Waals surface area contributed by atoms with Crippen LogP contribution in [0.5, 0.6) is 0 Å². The summed E-state index contributed by atoms with van der Waals surface area (Å²) in [5.41, 5.74) is 2.98. The van der Waals surface area contributed by atoms with E-state index in [2.05, 4.69) is 19.6 Å². The lowest BCUT2D eigenvalue weighted by atomic mass is 10.3. The van der Waals surface area contributed by atoms with Crippen LogP contribution < -0.4 is 0 Å². The topological polar surface area (TPSA) is 48.5 Å². The van der Waals surface area contributed by atoms with Crippen molar-refractivity contribution in [2.45, 2.75) is 13.0 Å². The second-order valence-corrected chi connectivity index (χ2v) is 4.78. The SMILES string of the molecule is Cn1ccc(Cn2c(CCCl)nc3cnccc32)n1. The summed E-state index contributed by atoms with van der Waals surface area (Å²) in [6.07, 6.45) is 6.24. The lowest BCUT2D eigenvalue weighted by Gasteiger charge is -2.06. The van der Waals surface area contributed by atoms with E-state index in [1.54, 1.807) is 17.1 Å². The zero-order valence-electron chi connectivity index (χ0n) is 10.6. The lowest BCUT2D eigenvalue weighted by molar-refractivity contribution is 0.694. The summed E-state index contributed by atoms with van der Waals surface area (Å²) in [4.78, 5) is 8.70. The van der Waals surface area contributed by atoms with E-state index >= 15 is 0 Å². The van der Waals surface area contributed by atoms with Crippen molar-refractivity contribution in [3.05, 3.63) is 42.2 Å². The highest BCUT2D eigenvalue weighted by molar-refractivity contribution is 6.17. The van der Waals surface area contributed by atoms with E-state index in [0.29, 0.717) is 12.4 Å². The molecule has 3 aromatic rings. The molecule has 0 spiro atoms. The normalized spacial score (nSPS) is 11.3. The van der Waals surface area contributed by atoms with Crippen LogP contribution in [0.2, 0.25) is 0 Å². The summed E-state index contributed by atoms with van der Waals surface area (Å²) < 4.78 is 3.96. The van der Waals surface area contributed by atoms with Gasteiger partial charge in [-0.25, -0.2) is 4.98 Å². The van der Waals surface area contributed by atoms with Crippen LogP contribution in [0.25, 0.3) is 11.0 Å². The molecule has 0 unspecified atom stereocenters. The number of pyridine rings is 1. The fourth-order valence-electron chi connectivity index (χ4n) is 2.19. The number of rotatable bonds is 4. The third kappa shape index (κ3) is 2.33. The zero-order valence-corrected chi connectivity index (χ0v) is 11.4. The van der Waals surface area contributed by atoms with Gasteiger partial charge >= 0.3 is 0 Å². The average molecular weight is 276 g/mol. The fraction of sp³-hybridized carbons (Fsp3) is 0.308. The van der Waals surface area contributed by atoms with Crippen molar-refractivity contribution in [3.63, 3.8) is 0 Å². The van der Waals surface area contributed by atoms with Crippen molar-refractivity contribution in [2.75, 3.05) is 5.88 Å². The Balaban J connectivity index is 2.06. The third-order valence-electron chi connectivity index (χ3n) is 3.04. The minimum atomic E-state index is 0.555. The molecule has 19 heavy (non-hydrogen) atoms. The van der Waals surface area contributed by atoms with Crippen molar-refractivity contribution in [3.8, 4) is 0 Å². The maximum absolute atomic E-state index is 5.85. The van der Waals surface area contributed by atoms with Gasteiger partial charge in [-0.1, -0.05) is 0 Å². The van der Waals surface area contributed by atoms with E-state index in [-0.39, 0.29) is 0 Å². The van der Waals surface area contributed by atoms with Gasteiger partial charge in [0, 0.05) is 31.7 Å². The number of nitrogens with zero attached hydrogens (tertiary/aromatic N) is 5. The lowest BCUT2D eigenvalue weighted by Crippen LogP contribution is -2.07. The largest absolute Gasteiger partial charge is 0.322 e. The summed E-state index contributed by atoms with van der Waals surface area (Å²) in [7, 11) is 1.92. The molecule has 0 aromatic carbocycles. The van der Waals surface area contributed by atoms with E-state index < -0.39 is 0 Å². The molecule has 5 nitrogen and oxygen atoms in total. The molecule has 0 saturated carbocycles. The number of alkyl halides is 1. The molecular weight excluding hydrogens is 262 g/mol. The number of hydrogen-bond donors (Lipinski definition) is 0. The highest BCUT2D eigenvalue weighted by Gasteiger charge is 2.11. The number of aryl methyl sites for hydroxylation is 2. The Morgan fingerprint density at radius 1 is 1.32 bits per heavy atom. The number of hydrogen-bond acceptors (Lipinski definition) is 3. The maximum Gasteiger partial charge on any atom is 0.111 e. The monoisotopic (exact) mass is 275 g/mol. The van der Waals surface area contributed by atoms with Gasteiger partial charge in [0.25, 0.3) is 0 Å². The van der Waals surface area contributed by atoms with E-state index in [4.69, 9.17) is 11.6 Å². The molecule has 0 aliphatic heterocycles. The van der Waals surface area contributed by atoms with Crippen LogP contribution >= 0.6 is 11.6 Å². The molecule has 98 valence electrons. The van der Waals surface area contributed by atoms with Crippen LogP contribution in [-0.2, 0) is 20.0 Å². The summed E-state index contributed by atoms with van der Waals surface area (Å²) >= 11 is 5.85. The van der Waals surface area contributed by atoms with E-state index in [1.165, 1.54) is 0 Å². The van der Waals surface area contributed by atoms with Gasteiger partial charge in [0.15, 0.2) is 0 Å². The second kappa shape index (κ2) is 5.01. The van der Waals surface area contributed by atoms with Gasteiger partial charge in [0.1, 0.15) is 11.3 Å². The molecule has 0 fully saturated rings. The van der Waals surface area contributed by atoms with Gasteiger partial charge < -0.3 is 4.57 Å². The van der Waals surface area contributed by atoms with Gasteiger partial charge in [0.05, 0.1) is 24.0 Å². The van der Waals surface area contributed by atoms with Crippen molar-refractivity contribution in [1.29, 1.82) is 0 Å². The molecule has 0 saturated heterocycles. The van der Waals surface area contributed by atoms with Crippen molar-refractivity contribution < 1.29 is 0 Å². The smallest absolute Gasteiger partial charge is 0.111 e. The van der Waals surface area contributed by atoms with Crippen LogP contribution in [0.4, 0.5) is 0 Å². The Hall–Kier alpha value is -1.88. The van der Waals surface area contributed by atoms with Gasteiger partial charge in [-0.2, -0.15) is 5.10 Å². The zero-order chi connectivity index (χ0) is 13.2. The quantitative estimate of drug-likeness (QED) is 0.684. The fourth-order valence-corrected chi connectivity index (χ4v) is 2.36. The van der Waals surface area contributed by atoms with Crippen molar-refractivity contribution in [2.24, 2.45) is 7.05 Å². The first kappa shape index (κ1) is 12.2. The minimum Gasteiger partial charge on any atom is -0.322 e. The molecule has 6 heteroatoms. The number of halogens is 1. The molecule has 0 aliphatic rings. The van der Waals surface area contributed by atoms with Crippen molar-refractivity contribution >= 4 is 22.6 Å². The van der Waals surface area contributed by atoms with E-state index in [1.807, 2.05) is 25.4 Å².